The third-order valence-corrected chi connectivity index (χ3v) is 4.07. The minimum atomic E-state index is -0.470. The lowest BCUT2D eigenvalue weighted by Gasteiger charge is -2.15. The van der Waals surface area contributed by atoms with E-state index >= 15 is 0 Å². The molecular formula is C16H21N3O2. The van der Waals surface area contributed by atoms with Crippen molar-refractivity contribution < 1.29 is 9.59 Å². The van der Waals surface area contributed by atoms with Crippen molar-refractivity contribution in [2.24, 2.45) is 0 Å². The maximum Gasteiger partial charge on any atom is 0.242 e. The molecule has 1 aromatic rings. The quantitative estimate of drug-likeness (QED) is 0.766. The van der Waals surface area contributed by atoms with Gasteiger partial charge in [0.05, 0.1) is 0 Å². The summed E-state index contributed by atoms with van der Waals surface area (Å²) in [7, 11) is 0. The van der Waals surface area contributed by atoms with Gasteiger partial charge in [-0.1, -0.05) is 18.2 Å². The van der Waals surface area contributed by atoms with Crippen LogP contribution in [0.25, 0.3) is 0 Å². The third-order valence-electron chi connectivity index (χ3n) is 4.07. The molecule has 2 atom stereocenters. The Morgan fingerprint density at radius 3 is 2.86 bits per heavy atom. The number of rotatable bonds is 5. The number of hydrogen-bond donors (Lipinski definition) is 3. The van der Waals surface area contributed by atoms with E-state index in [1.807, 2.05) is 18.2 Å². The zero-order valence-electron chi connectivity index (χ0n) is 12.2. The number of carbonyl (C=O) groups excluding carboxylic acids is 2. The van der Waals surface area contributed by atoms with E-state index in [1.54, 1.807) is 6.92 Å². The van der Waals surface area contributed by atoms with Crippen LogP contribution in [-0.2, 0) is 9.59 Å². The molecule has 3 rings (SSSR count). The Hall–Kier alpha value is -2.04. The first-order valence-corrected chi connectivity index (χ1v) is 7.56. The fourth-order valence-corrected chi connectivity index (χ4v) is 2.68. The van der Waals surface area contributed by atoms with E-state index in [9.17, 15) is 9.59 Å². The normalized spacial score (nSPS) is 21.1. The molecule has 1 aromatic carbocycles. The van der Waals surface area contributed by atoms with Crippen molar-refractivity contribution in [3.8, 4) is 0 Å². The smallest absolute Gasteiger partial charge is 0.242 e. The first kappa shape index (κ1) is 13.9. The summed E-state index contributed by atoms with van der Waals surface area (Å²) in [5.41, 5.74) is 2.29. The van der Waals surface area contributed by atoms with E-state index in [1.165, 1.54) is 5.56 Å². The van der Waals surface area contributed by atoms with Crippen molar-refractivity contribution >= 4 is 17.5 Å². The van der Waals surface area contributed by atoms with Crippen LogP contribution in [0.1, 0.15) is 37.7 Å². The van der Waals surface area contributed by atoms with Crippen LogP contribution >= 0.6 is 0 Å². The summed E-state index contributed by atoms with van der Waals surface area (Å²) in [5, 5.41) is 9.00. The Morgan fingerprint density at radius 1 is 1.33 bits per heavy atom. The zero-order valence-corrected chi connectivity index (χ0v) is 12.2. The Kier molecular flexibility index (Phi) is 3.82. The fourth-order valence-electron chi connectivity index (χ4n) is 2.68. The second-order valence-corrected chi connectivity index (χ2v) is 5.94. The first-order chi connectivity index (χ1) is 10.1. The summed E-state index contributed by atoms with van der Waals surface area (Å²) < 4.78 is 0. The van der Waals surface area contributed by atoms with E-state index in [-0.39, 0.29) is 17.7 Å². The molecule has 0 radical (unpaired) electrons. The Bertz CT molecular complexity index is 554. The van der Waals surface area contributed by atoms with Gasteiger partial charge in [-0.15, -0.1) is 0 Å². The SMILES string of the molecule is CC(NC(=O)CC1CNc2ccccc21)C(=O)NC1CC1. The number of amides is 2. The van der Waals surface area contributed by atoms with Crippen molar-refractivity contribution in [1.29, 1.82) is 0 Å². The molecule has 1 saturated carbocycles. The highest BCUT2D eigenvalue weighted by molar-refractivity contribution is 5.88. The molecule has 2 amide bonds. The highest BCUT2D eigenvalue weighted by Gasteiger charge is 2.28. The molecule has 112 valence electrons. The van der Waals surface area contributed by atoms with Gasteiger partial charge >= 0.3 is 0 Å². The van der Waals surface area contributed by atoms with Gasteiger partial charge in [-0.2, -0.15) is 0 Å². The number of anilines is 1. The summed E-state index contributed by atoms with van der Waals surface area (Å²) in [5.74, 6) is 0.0210. The second kappa shape index (κ2) is 5.76. The van der Waals surface area contributed by atoms with Gasteiger partial charge < -0.3 is 16.0 Å². The van der Waals surface area contributed by atoms with Crippen molar-refractivity contribution in [2.45, 2.75) is 44.2 Å². The first-order valence-electron chi connectivity index (χ1n) is 7.56. The maximum absolute atomic E-state index is 12.1. The average Bonchev–Trinajstić information content (AvgIpc) is 3.19. The van der Waals surface area contributed by atoms with Gasteiger partial charge in [-0.3, -0.25) is 9.59 Å². The van der Waals surface area contributed by atoms with E-state index in [0.717, 1.165) is 25.1 Å². The van der Waals surface area contributed by atoms with E-state index in [0.29, 0.717) is 12.5 Å². The van der Waals surface area contributed by atoms with Crippen LogP contribution < -0.4 is 16.0 Å². The minimum absolute atomic E-state index is 0.0723. The Balaban J connectivity index is 1.51. The lowest BCUT2D eigenvalue weighted by Crippen LogP contribution is -2.45. The molecular weight excluding hydrogens is 266 g/mol. The molecule has 1 heterocycles. The predicted molar refractivity (Wildman–Crippen MR) is 81.1 cm³/mol. The summed E-state index contributed by atoms with van der Waals surface area (Å²) in [4.78, 5) is 23.9. The van der Waals surface area contributed by atoms with Crippen molar-refractivity contribution in [3.05, 3.63) is 29.8 Å². The molecule has 5 heteroatoms. The number of nitrogens with one attached hydrogen (secondary N) is 3. The van der Waals surface area contributed by atoms with E-state index in [2.05, 4.69) is 22.0 Å². The van der Waals surface area contributed by atoms with Crippen LogP contribution in [0.2, 0.25) is 0 Å². The molecule has 1 aliphatic carbocycles. The second-order valence-electron chi connectivity index (χ2n) is 5.94. The molecule has 2 aliphatic rings. The standard InChI is InChI=1S/C16H21N3O2/c1-10(16(21)19-12-6-7-12)18-15(20)8-11-9-17-14-5-3-2-4-13(11)14/h2-5,10-12,17H,6-9H2,1H3,(H,18,20)(H,19,21). The molecule has 0 saturated heterocycles. The van der Waals surface area contributed by atoms with Gasteiger partial charge in [-0.25, -0.2) is 0 Å². The number of fused-ring (bicyclic) bond motifs is 1. The molecule has 5 nitrogen and oxygen atoms in total. The number of benzene rings is 1. The zero-order chi connectivity index (χ0) is 14.8. The average molecular weight is 287 g/mol. The Morgan fingerprint density at radius 2 is 2.10 bits per heavy atom. The van der Waals surface area contributed by atoms with Crippen LogP contribution in [0.4, 0.5) is 5.69 Å². The van der Waals surface area contributed by atoms with Crippen molar-refractivity contribution in [1.82, 2.24) is 10.6 Å². The monoisotopic (exact) mass is 287 g/mol. The highest BCUT2D eigenvalue weighted by atomic mass is 16.2. The van der Waals surface area contributed by atoms with E-state index in [4.69, 9.17) is 0 Å². The van der Waals surface area contributed by atoms with Gasteiger partial charge in [0.25, 0.3) is 0 Å². The summed E-state index contributed by atoms with van der Waals surface area (Å²) >= 11 is 0. The van der Waals surface area contributed by atoms with Gasteiger partial charge in [0.1, 0.15) is 6.04 Å². The largest absolute Gasteiger partial charge is 0.384 e. The molecule has 2 unspecified atom stereocenters. The maximum atomic E-state index is 12.1. The molecule has 3 N–H and O–H groups in total. The van der Waals surface area contributed by atoms with Gasteiger partial charge in [0, 0.05) is 30.6 Å². The minimum Gasteiger partial charge on any atom is -0.384 e. The van der Waals surface area contributed by atoms with Crippen LogP contribution in [0.3, 0.4) is 0 Å². The molecule has 0 spiro atoms. The summed E-state index contributed by atoms with van der Waals surface area (Å²) in [6, 6.07) is 7.90. The summed E-state index contributed by atoms with van der Waals surface area (Å²) in [6.07, 6.45) is 2.51. The Labute approximate surface area is 124 Å². The lowest BCUT2D eigenvalue weighted by atomic mass is 9.97. The number of para-hydroxylation sites is 1. The van der Waals surface area contributed by atoms with Crippen LogP contribution in [-0.4, -0.2) is 30.4 Å². The lowest BCUT2D eigenvalue weighted by molar-refractivity contribution is -0.128. The van der Waals surface area contributed by atoms with Crippen LogP contribution in [0.15, 0.2) is 24.3 Å². The van der Waals surface area contributed by atoms with Gasteiger partial charge in [0.15, 0.2) is 0 Å². The highest BCUT2D eigenvalue weighted by Crippen LogP contribution is 2.33. The van der Waals surface area contributed by atoms with Crippen molar-refractivity contribution in [3.63, 3.8) is 0 Å². The molecule has 21 heavy (non-hydrogen) atoms. The molecule has 0 bridgehead atoms. The van der Waals surface area contributed by atoms with E-state index < -0.39 is 6.04 Å². The molecule has 1 fully saturated rings. The van der Waals surface area contributed by atoms with Crippen LogP contribution in [0.5, 0.6) is 0 Å². The number of carbonyl (C=O) groups is 2. The number of hydrogen-bond acceptors (Lipinski definition) is 3. The molecule has 1 aliphatic heterocycles. The van der Waals surface area contributed by atoms with Gasteiger partial charge in [-0.05, 0) is 31.4 Å². The fraction of sp³-hybridized carbons (Fsp3) is 0.500. The molecule has 0 aromatic heterocycles. The topological polar surface area (TPSA) is 70.2 Å². The summed E-state index contributed by atoms with van der Waals surface area (Å²) in [6.45, 7) is 2.51. The van der Waals surface area contributed by atoms with Gasteiger partial charge in [0.2, 0.25) is 11.8 Å². The predicted octanol–water partition coefficient (Wildman–Crippen LogP) is 1.37. The third kappa shape index (κ3) is 3.35. The van der Waals surface area contributed by atoms with Crippen LogP contribution in [0, 0.1) is 0 Å². The van der Waals surface area contributed by atoms with Crippen molar-refractivity contribution in [2.75, 3.05) is 11.9 Å².